The molecule has 1 aromatic rings. The lowest BCUT2D eigenvalue weighted by Crippen LogP contribution is -2.70. The largest absolute Gasteiger partial charge is 0.461 e. The van der Waals surface area contributed by atoms with E-state index in [-0.39, 0.29) is 24.5 Å². The van der Waals surface area contributed by atoms with E-state index >= 15 is 0 Å². The van der Waals surface area contributed by atoms with Crippen molar-refractivity contribution in [1.82, 2.24) is 10.2 Å². The van der Waals surface area contributed by atoms with E-state index in [1.165, 1.54) is 23.6 Å². The molecule has 1 N–H and O–H groups in total. The number of nitrogens with zero attached hydrogens (tertiary/aromatic N) is 1. The first kappa shape index (κ1) is 23.6. The number of amides is 2. The molecule has 9 nitrogen and oxygen atoms in total. The Hall–Kier alpha value is -3.01. The van der Waals surface area contributed by atoms with Crippen LogP contribution in [0.25, 0.3) is 0 Å². The highest BCUT2D eigenvalue weighted by Crippen LogP contribution is 2.40. The van der Waals surface area contributed by atoms with Crippen LogP contribution >= 0.6 is 11.8 Å². The molecule has 2 heterocycles. The molecule has 1 saturated heterocycles. The van der Waals surface area contributed by atoms with Gasteiger partial charge in [-0.25, -0.2) is 9.59 Å². The lowest BCUT2D eigenvalue weighted by atomic mass is 10.0. The van der Waals surface area contributed by atoms with Crippen LogP contribution in [0.3, 0.4) is 0 Å². The molecule has 0 aliphatic carbocycles. The number of thioether (sulfide) groups is 1. The molecule has 0 radical (unpaired) electrons. The highest BCUT2D eigenvalue weighted by molar-refractivity contribution is 8.00. The van der Waals surface area contributed by atoms with Crippen molar-refractivity contribution in [3.8, 4) is 0 Å². The molecule has 1 aromatic carbocycles. The molecule has 0 unspecified atom stereocenters. The van der Waals surface area contributed by atoms with Gasteiger partial charge in [-0.3, -0.25) is 14.5 Å². The van der Waals surface area contributed by atoms with Gasteiger partial charge >= 0.3 is 18.0 Å². The van der Waals surface area contributed by atoms with Crippen LogP contribution in [0.5, 0.6) is 0 Å². The Morgan fingerprint density at radius 2 is 1.81 bits per heavy atom. The molecule has 1 fully saturated rings. The molecular weight excluding hydrogens is 436 g/mol. The van der Waals surface area contributed by atoms with Crippen LogP contribution in [0.2, 0.25) is 0 Å². The van der Waals surface area contributed by atoms with Gasteiger partial charge in [-0.15, -0.1) is 11.8 Å². The summed E-state index contributed by atoms with van der Waals surface area (Å²) in [6.45, 7) is 6.33. The average molecular weight is 463 g/mol. The Balaban J connectivity index is 1.73. The summed E-state index contributed by atoms with van der Waals surface area (Å²) in [4.78, 5) is 50.1. The number of benzene rings is 1. The normalized spacial score (nSPS) is 20.1. The van der Waals surface area contributed by atoms with Gasteiger partial charge in [0.2, 0.25) is 0 Å². The molecule has 2 atom stereocenters. The minimum atomic E-state index is -0.759. The topological polar surface area (TPSA) is 111 Å². The van der Waals surface area contributed by atoms with E-state index in [1.54, 1.807) is 51.1 Å². The van der Waals surface area contributed by atoms with Crippen molar-refractivity contribution in [2.75, 3.05) is 19.0 Å². The van der Waals surface area contributed by atoms with Crippen LogP contribution in [0.4, 0.5) is 4.79 Å². The van der Waals surface area contributed by atoms with Gasteiger partial charge in [0.15, 0.2) is 0 Å². The Morgan fingerprint density at radius 3 is 2.44 bits per heavy atom. The van der Waals surface area contributed by atoms with E-state index < -0.39 is 29.7 Å². The summed E-state index contributed by atoms with van der Waals surface area (Å²) >= 11 is 1.42. The van der Waals surface area contributed by atoms with Gasteiger partial charge in [0, 0.05) is 18.2 Å². The summed E-state index contributed by atoms with van der Waals surface area (Å²) in [5.41, 5.74) is 0.832. The number of hydrogen-bond acceptors (Lipinski definition) is 8. The van der Waals surface area contributed by atoms with Crippen LogP contribution < -0.4 is 5.32 Å². The van der Waals surface area contributed by atoms with Crippen LogP contribution in [-0.2, 0) is 23.8 Å². The number of rotatable bonds is 6. The first-order valence-electron chi connectivity index (χ1n) is 10.1. The molecule has 2 aliphatic rings. The summed E-state index contributed by atoms with van der Waals surface area (Å²) in [7, 11) is 0. The van der Waals surface area contributed by atoms with E-state index in [2.05, 4.69) is 5.32 Å². The SMILES string of the molecule is CC(=O)OCC1=C(COC(=O)c2ccccc2)N2C(=O)[C@@H](NC(=O)OC(C)(C)C)[C@H]2SC1. The fraction of sp³-hybridized carbons (Fsp3) is 0.455. The fourth-order valence-corrected chi connectivity index (χ4v) is 4.58. The second kappa shape index (κ2) is 9.64. The molecule has 3 rings (SSSR count). The smallest absolute Gasteiger partial charge is 0.408 e. The van der Waals surface area contributed by atoms with Gasteiger partial charge in [0.25, 0.3) is 5.91 Å². The number of carbonyl (C=O) groups excluding carboxylic acids is 4. The number of ether oxygens (including phenoxy) is 3. The third-order valence-corrected chi connectivity index (χ3v) is 5.98. The molecule has 0 bridgehead atoms. The van der Waals surface area contributed by atoms with Crippen molar-refractivity contribution in [3.63, 3.8) is 0 Å². The zero-order valence-electron chi connectivity index (χ0n) is 18.4. The van der Waals surface area contributed by atoms with Gasteiger partial charge in [-0.2, -0.15) is 0 Å². The van der Waals surface area contributed by atoms with Crippen LogP contribution in [-0.4, -0.2) is 64.8 Å². The first-order valence-corrected chi connectivity index (χ1v) is 11.1. The van der Waals surface area contributed by atoms with E-state index in [4.69, 9.17) is 14.2 Å². The Morgan fingerprint density at radius 1 is 1.12 bits per heavy atom. The molecule has 0 aromatic heterocycles. The third-order valence-electron chi connectivity index (χ3n) is 4.64. The number of fused-ring (bicyclic) bond motifs is 1. The van der Waals surface area contributed by atoms with Gasteiger partial charge in [0.05, 0.1) is 11.3 Å². The van der Waals surface area contributed by atoms with Crippen molar-refractivity contribution < 1.29 is 33.4 Å². The number of alkyl carbamates (subject to hydrolysis) is 1. The Bertz CT molecular complexity index is 939. The Kier molecular flexibility index (Phi) is 7.12. The lowest BCUT2D eigenvalue weighted by Gasteiger charge is -2.50. The van der Waals surface area contributed by atoms with Crippen molar-refractivity contribution in [1.29, 1.82) is 0 Å². The van der Waals surface area contributed by atoms with E-state index in [0.29, 0.717) is 22.6 Å². The zero-order valence-corrected chi connectivity index (χ0v) is 19.2. The van der Waals surface area contributed by atoms with Gasteiger partial charge in [-0.05, 0) is 32.9 Å². The number of carbonyl (C=O) groups is 4. The second-order valence-electron chi connectivity index (χ2n) is 8.31. The predicted octanol–water partition coefficient (Wildman–Crippen LogP) is 2.47. The highest BCUT2D eigenvalue weighted by Gasteiger charge is 2.53. The van der Waals surface area contributed by atoms with Gasteiger partial charge < -0.3 is 19.5 Å². The highest BCUT2D eigenvalue weighted by atomic mass is 32.2. The van der Waals surface area contributed by atoms with Crippen molar-refractivity contribution >= 4 is 35.7 Å². The van der Waals surface area contributed by atoms with Gasteiger partial charge in [0.1, 0.15) is 30.2 Å². The molecule has 2 amide bonds. The van der Waals surface area contributed by atoms with E-state index in [9.17, 15) is 19.2 Å². The number of esters is 2. The first-order chi connectivity index (χ1) is 15.1. The summed E-state index contributed by atoms with van der Waals surface area (Å²) in [5.74, 6) is -0.883. The number of nitrogens with one attached hydrogen (secondary N) is 1. The number of hydrogen-bond donors (Lipinski definition) is 1. The van der Waals surface area contributed by atoms with Crippen molar-refractivity contribution in [3.05, 3.63) is 47.2 Å². The molecule has 2 aliphatic heterocycles. The standard InChI is InChI=1S/C22H26N2O7S/c1-13(25)29-10-15-12-32-19-17(23-21(28)31-22(2,3)4)18(26)24(19)16(15)11-30-20(27)14-8-6-5-7-9-14/h5-9,17,19H,10-12H2,1-4H3,(H,23,28)/t17-,19-/m1/s1. The molecule has 32 heavy (non-hydrogen) atoms. The average Bonchev–Trinajstić information content (AvgIpc) is 2.73. The van der Waals surface area contributed by atoms with Crippen molar-refractivity contribution in [2.24, 2.45) is 0 Å². The van der Waals surface area contributed by atoms with E-state index in [0.717, 1.165) is 0 Å². The third kappa shape index (κ3) is 5.61. The maximum Gasteiger partial charge on any atom is 0.408 e. The summed E-state index contributed by atoms with van der Waals surface area (Å²) in [5, 5.41) is 2.24. The summed E-state index contributed by atoms with van der Waals surface area (Å²) in [6, 6.07) is 7.74. The van der Waals surface area contributed by atoms with Crippen LogP contribution in [0.1, 0.15) is 38.1 Å². The monoisotopic (exact) mass is 462 g/mol. The summed E-state index contributed by atoms with van der Waals surface area (Å²) < 4.78 is 15.8. The van der Waals surface area contributed by atoms with Crippen molar-refractivity contribution in [2.45, 2.75) is 44.7 Å². The molecule has 10 heteroatoms. The Labute approximate surface area is 190 Å². The minimum absolute atomic E-state index is 0.0127. The maximum atomic E-state index is 12.9. The predicted molar refractivity (Wildman–Crippen MR) is 117 cm³/mol. The van der Waals surface area contributed by atoms with E-state index in [1.807, 2.05) is 0 Å². The minimum Gasteiger partial charge on any atom is -0.461 e. The van der Waals surface area contributed by atoms with Crippen LogP contribution in [0, 0.1) is 0 Å². The molecule has 0 spiro atoms. The maximum absolute atomic E-state index is 12.9. The fourth-order valence-electron chi connectivity index (χ4n) is 3.21. The summed E-state index contributed by atoms with van der Waals surface area (Å²) in [6.07, 6.45) is -0.678. The molecular formula is C22H26N2O7S. The van der Waals surface area contributed by atoms with Gasteiger partial charge in [-0.1, -0.05) is 18.2 Å². The lowest BCUT2D eigenvalue weighted by molar-refractivity contribution is -0.143. The second-order valence-corrected chi connectivity index (χ2v) is 9.41. The molecule has 0 saturated carbocycles. The zero-order chi connectivity index (χ0) is 23.5. The quantitative estimate of drug-likeness (QED) is 0.390. The number of β-lactam (4-membered cyclic amide) rings is 1. The molecule has 172 valence electrons. The van der Waals surface area contributed by atoms with Crippen LogP contribution in [0.15, 0.2) is 41.6 Å².